The summed E-state index contributed by atoms with van der Waals surface area (Å²) in [6.07, 6.45) is 7.87. The number of oxime groups is 1. The molecule has 0 aromatic carbocycles. The van der Waals surface area contributed by atoms with E-state index in [1.54, 1.807) is 6.20 Å². The van der Waals surface area contributed by atoms with E-state index in [1.165, 1.54) is 11.1 Å². The number of rotatable bonds is 5. The fourth-order valence-corrected chi connectivity index (χ4v) is 2.03. The van der Waals surface area contributed by atoms with E-state index in [9.17, 15) is 0 Å². The molecule has 2 heterocycles. The summed E-state index contributed by atoms with van der Waals surface area (Å²) in [4.78, 5) is 9.69. The highest BCUT2D eigenvalue weighted by Crippen LogP contribution is 2.30. The maximum absolute atomic E-state index is 5.81. The molecule has 1 aliphatic heterocycles. The van der Waals surface area contributed by atoms with Gasteiger partial charge in [0.25, 0.3) is 5.90 Å². The molecule has 1 aromatic heterocycles. The van der Waals surface area contributed by atoms with E-state index in [-0.39, 0.29) is 0 Å². The van der Waals surface area contributed by atoms with Gasteiger partial charge in [0, 0.05) is 19.2 Å². The van der Waals surface area contributed by atoms with Gasteiger partial charge in [-0.2, -0.15) is 0 Å². The highest BCUT2D eigenvalue weighted by Gasteiger charge is 2.38. The molecule has 0 radical (unpaired) electrons. The fourth-order valence-electron chi connectivity index (χ4n) is 2.03. The molecule has 4 heteroatoms. The molecule has 1 aromatic rings. The van der Waals surface area contributed by atoms with E-state index in [1.807, 2.05) is 31.2 Å². The van der Waals surface area contributed by atoms with E-state index < -0.39 is 5.79 Å². The van der Waals surface area contributed by atoms with Crippen molar-refractivity contribution in [2.24, 2.45) is 5.16 Å². The van der Waals surface area contributed by atoms with Crippen LogP contribution >= 0.6 is 0 Å². The van der Waals surface area contributed by atoms with Crippen molar-refractivity contribution >= 4 is 5.90 Å². The highest BCUT2D eigenvalue weighted by molar-refractivity contribution is 5.88. The number of allylic oxidation sites excluding steroid dienone is 3. The molecular formula is C17H22N2O2. The molecule has 21 heavy (non-hydrogen) atoms. The number of hydrogen-bond donors (Lipinski definition) is 0. The van der Waals surface area contributed by atoms with Gasteiger partial charge in [0.2, 0.25) is 0 Å². The third-order valence-corrected chi connectivity index (χ3v) is 3.20. The van der Waals surface area contributed by atoms with Crippen LogP contribution in [0.5, 0.6) is 0 Å². The standard InChI is InChI=1S/C17H22N2O2/c1-13(2)8-7-9-14(3)12-16-19-21-17(4,20-16)15-10-5-6-11-18-15/h5-6,8,10-12H,7,9H2,1-4H3/b14-12+. The van der Waals surface area contributed by atoms with E-state index >= 15 is 0 Å². The SMILES string of the molecule is CC(C)=CCC/C(C)=C/C1=NOC(C)(c2ccccn2)O1. The van der Waals surface area contributed by atoms with Crippen LogP contribution in [0.25, 0.3) is 0 Å². The van der Waals surface area contributed by atoms with Crippen molar-refractivity contribution in [1.29, 1.82) is 0 Å². The monoisotopic (exact) mass is 286 g/mol. The molecule has 0 aliphatic carbocycles. The van der Waals surface area contributed by atoms with Crippen molar-refractivity contribution in [3.63, 3.8) is 0 Å². The predicted octanol–water partition coefficient (Wildman–Crippen LogP) is 4.31. The third-order valence-electron chi connectivity index (χ3n) is 3.20. The van der Waals surface area contributed by atoms with Gasteiger partial charge in [-0.05, 0) is 50.9 Å². The predicted molar refractivity (Wildman–Crippen MR) is 83.6 cm³/mol. The smallest absolute Gasteiger partial charge is 0.317 e. The number of nitrogens with zero attached hydrogens (tertiary/aromatic N) is 2. The average Bonchev–Trinajstić information content (AvgIpc) is 2.82. The topological polar surface area (TPSA) is 43.7 Å². The lowest BCUT2D eigenvalue weighted by molar-refractivity contribution is -0.155. The quantitative estimate of drug-likeness (QED) is 0.758. The van der Waals surface area contributed by atoms with Crippen molar-refractivity contribution in [3.8, 4) is 0 Å². The molecule has 112 valence electrons. The molecule has 4 nitrogen and oxygen atoms in total. The molecule has 1 unspecified atom stereocenters. The minimum atomic E-state index is -0.937. The first-order valence-electron chi connectivity index (χ1n) is 7.17. The molecule has 0 saturated heterocycles. The van der Waals surface area contributed by atoms with Crippen LogP contribution in [0.2, 0.25) is 0 Å². The molecule has 2 rings (SSSR count). The molecule has 0 saturated carbocycles. The van der Waals surface area contributed by atoms with Crippen molar-refractivity contribution in [3.05, 3.63) is 53.4 Å². The Morgan fingerprint density at radius 1 is 1.29 bits per heavy atom. The van der Waals surface area contributed by atoms with Crippen LogP contribution in [-0.4, -0.2) is 10.9 Å². The van der Waals surface area contributed by atoms with E-state index in [0.29, 0.717) is 11.6 Å². The second-order valence-corrected chi connectivity index (χ2v) is 5.59. The maximum Gasteiger partial charge on any atom is 0.317 e. The fraction of sp³-hybridized carbons (Fsp3) is 0.412. The summed E-state index contributed by atoms with van der Waals surface area (Å²) in [6, 6.07) is 5.62. The van der Waals surface area contributed by atoms with Gasteiger partial charge in [0.15, 0.2) is 0 Å². The molecule has 1 aliphatic rings. The highest BCUT2D eigenvalue weighted by atomic mass is 16.8. The Labute approximate surface area is 126 Å². The summed E-state index contributed by atoms with van der Waals surface area (Å²) in [5.74, 6) is -0.439. The lowest BCUT2D eigenvalue weighted by atomic mass is 10.1. The van der Waals surface area contributed by atoms with Gasteiger partial charge in [0.1, 0.15) is 5.69 Å². The number of pyridine rings is 1. The molecule has 0 bridgehead atoms. The first-order valence-corrected chi connectivity index (χ1v) is 7.17. The molecule has 1 atom stereocenters. The summed E-state index contributed by atoms with van der Waals surface area (Å²) < 4.78 is 5.81. The van der Waals surface area contributed by atoms with Crippen molar-refractivity contribution in [2.45, 2.75) is 46.3 Å². The largest absolute Gasteiger partial charge is 0.425 e. The zero-order chi connectivity index (χ0) is 15.3. The van der Waals surface area contributed by atoms with E-state index in [0.717, 1.165) is 12.8 Å². The lowest BCUT2D eigenvalue weighted by Gasteiger charge is -2.19. The molecule has 0 N–H and O–H groups in total. The van der Waals surface area contributed by atoms with Gasteiger partial charge >= 0.3 is 5.79 Å². The first kappa shape index (κ1) is 15.3. The minimum absolute atomic E-state index is 0.498. The number of aromatic nitrogens is 1. The van der Waals surface area contributed by atoms with Crippen LogP contribution in [0, 0.1) is 0 Å². The van der Waals surface area contributed by atoms with E-state index in [2.05, 4.69) is 37.0 Å². The zero-order valence-electron chi connectivity index (χ0n) is 13.1. The summed E-state index contributed by atoms with van der Waals surface area (Å²) >= 11 is 0. The number of hydrogen-bond acceptors (Lipinski definition) is 4. The molecule has 0 amide bonds. The summed E-state index contributed by atoms with van der Waals surface area (Å²) in [5, 5.41) is 4.01. The second-order valence-electron chi connectivity index (χ2n) is 5.59. The summed E-state index contributed by atoms with van der Waals surface area (Å²) in [7, 11) is 0. The Bertz CT molecular complexity index is 572. The van der Waals surface area contributed by atoms with Crippen LogP contribution in [0.4, 0.5) is 0 Å². The van der Waals surface area contributed by atoms with Crippen LogP contribution < -0.4 is 0 Å². The second kappa shape index (κ2) is 6.57. The van der Waals surface area contributed by atoms with Crippen molar-refractivity contribution in [1.82, 2.24) is 4.98 Å². The Kier molecular flexibility index (Phi) is 4.78. The van der Waals surface area contributed by atoms with Crippen LogP contribution in [0.15, 0.2) is 52.8 Å². The van der Waals surface area contributed by atoms with Crippen LogP contribution in [-0.2, 0) is 15.4 Å². The van der Waals surface area contributed by atoms with E-state index in [4.69, 9.17) is 9.57 Å². The molecular weight excluding hydrogens is 264 g/mol. The van der Waals surface area contributed by atoms with Crippen LogP contribution in [0.3, 0.4) is 0 Å². The van der Waals surface area contributed by atoms with Gasteiger partial charge in [-0.3, -0.25) is 4.98 Å². The Balaban J connectivity index is 1.97. The zero-order valence-corrected chi connectivity index (χ0v) is 13.1. The Morgan fingerprint density at radius 2 is 2.10 bits per heavy atom. The molecule has 0 fully saturated rings. The average molecular weight is 286 g/mol. The summed E-state index contributed by atoms with van der Waals surface area (Å²) in [6.45, 7) is 8.10. The van der Waals surface area contributed by atoms with Gasteiger partial charge in [-0.25, -0.2) is 0 Å². The molecule has 0 spiro atoms. The Morgan fingerprint density at radius 3 is 2.76 bits per heavy atom. The number of ether oxygens (including phenoxy) is 1. The van der Waals surface area contributed by atoms with Crippen molar-refractivity contribution in [2.75, 3.05) is 0 Å². The maximum atomic E-state index is 5.81. The van der Waals surface area contributed by atoms with Crippen molar-refractivity contribution < 1.29 is 9.57 Å². The first-order chi connectivity index (χ1) is 9.99. The lowest BCUT2D eigenvalue weighted by Crippen LogP contribution is -2.25. The van der Waals surface area contributed by atoms with Gasteiger partial charge < -0.3 is 9.57 Å². The summed E-state index contributed by atoms with van der Waals surface area (Å²) in [5.41, 5.74) is 3.25. The normalized spacial score (nSPS) is 21.3. The van der Waals surface area contributed by atoms with Gasteiger partial charge in [-0.15, -0.1) is 0 Å². The minimum Gasteiger partial charge on any atom is -0.425 e. The third kappa shape index (κ3) is 4.18. The Hall–Kier alpha value is -2.10. The van der Waals surface area contributed by atoms with Gasteiger partial charge in [0.05, 0.1) is 0 Å². The van der Waals surface area contributed by atoms with Gasteiger partial charge in [-0.1, -0.05) is 23.3 Å². The van der Waals surface area contributed by atoms with Crippen LogP contribution in [0.1, 0.15) is 46.2 Å².